The average molecular weight is 235 g/mol. The normalized spacial score (nSPS) is 12.1. The van der Waals surface area contributed by atoms with E-state index in [-0.39, 0.29) is 6.04 Å². The van der Waals surface area contributed by atoms with Gasteiger partial charge in [-0.2, -0.15) is 0 Å². The van der Waals surface area contributed by atoms with E-state index in [1.54, 1.807) is 18.6 Å². The van der Waals surface area contributed by atoms with Crippen LogP contribution < -0.4 is 5.32 Å². The molecule has 0 fully saturated rings. The van der Waals surface area contributed by atoms with E-state index < -0.39 is 0 Å². The first kappa shape index (κ1) is 10.8. The lowest BCUT2D eigenvalue weighted by Gasteiger charge is -2.12. The molecule has 5 heteroatoms. The van der Waals surface area contributed by atoms with E-state index in [9.17, 15) is 0 Å². The number of rotatable bonds is 3. The predicted molar refractivity (Wildman–Crippen MR) is 63.3 cm³/mol. The number of hydrogen-bond donors (Lipinski definition) is 1. The highest BCUT2D eigenvalue weighted by Gasteiger charge is 2.06. The number of aromatic nitrogens is 3. The molecule has 0 aromatic carbocycles. The van der Waals surface area contributed by atoms with Gasteiger partial charge in [-0.1, -0.05) is 17.7 Å². The Bertz CT molecular complexity index is 443. The summed E-state index contributed by atoms with van der Waals surface area (Å²) in [5.41, 5.74) is 0.945. The maximum Gasteiger partial charge on any atom is 0.223 e. The molecule has 0 bridgehead atoms. The first-order chi connectivity index (χ1) is 7.75. The maximum absolute atomic E-state index is 5.70. The van der Waals surface area contributed by atoms with Crippen LogP contribution >= 0.6 is 11.6 Å². The topological polar surface area (TPSA) is 50.7 Å². The molecule has 0 aliphatic heterocycles. The summed E-state index contributed by atoms with van der Waals surface area (Å²) in [4.78, 5) is 12.4. The Morgan fingerprint density at radius 1 is 1.19 bits per heavy atom. The van der Waals surface area contributed by atoms with Crippen molar-refractivity contribution >= 4 is 17.5 Å². The Balaban J connectivity index is 2.08. The second kappa shape index (κ2) is 4.90. The van der Waals surface area contributed by atoms with Gasteiger partial charge in [-0.25, -0.2) is 9.97 Å². The minimum absolute atomic E-state index is 0.0578. The summed E-state index contributed by atoms with van der Waals surface area (Å²) < 4.78 is 0. The van der Waals surface area contributed by atoms with Crippen LogP contribution in [0.4, 0.5) is 5.95 Å². The molecular formula is C11H11ClN4. The minimum atomic E-state index is 0.0578. The minimum Gasteiger partial charge on any atom is -0.346 e. The summed E-state index contributed by atoms with van der Waals surface area (Å²) in [5.74, 6) is 0.544. The second-order valence-electron chi connectivity index (χ2n) is 3.35. The fraction of sp³-hybridized carbons (Fsp3) is 0.182. The molecule has 82 valence electrons. The highest BCUT2D eigenvalue weighted by molar-refractivity contribution is 6.30. The van der Waals surface area contributed by atoms with Crippen molar-refractivity contribution in [2.24, 2.45) is 0 Å². The zero-order valence-electron chi connectivity index (χ0n) is 8.76. The Labute approximate surface area is 98.7 Å². The molecule has 2 aromatic rings. The van der Waals surface area contributed by atoms with Gasteiger partial charge < -0.3 is 5.32 Å². The van der Waals surface area contributed by atoms with Crippen molar-refractivity contribution in [3.05, 3.63) is 47.5 Å². The van der Waals surface area contributed by atoms with Crippen molar-refractivity contribution < 1.29 is 0 Å². The fourth-order valence-electron chi connectivity index (χ4n) is 1.29. The van der Waals surface area contributed by atoms with E-state index in [0.29, 0.717) is 11.0 Å². The van der Waals surface area contributed by atoms with Crippen LogP contribution in [0.25, 0.3) is 0 Å². The lowest BCUT2D eigenvalue weighted by Crippen LogP contribution is -2.10. The van der Waals surface area contributed by atoms with Crippen LogP contribution in [0.3, 0.4) is 0 Å². The van der Waals surface area contributed by atoms with E-state index in [1.807, 2.05) is 25.1 Å². The van der Waals surface area contributed by atoms with Gasteiger partial charge in [0, 0.05) is 6.20 Å². The third kappa shape index (κ3) is 2.67. The molecule has 2 aromatic heterocycles. The van der Waals surface area contributed by atoms with Crippen LogP contribution in [-0.4, -0.2) is 15.0 Å². The highest BCUT2D eigenvalue weighted by atomic mass is 35.5. The third-order valence-electron chi connectivity index (χ3n) is 2.10. The van der Waals surface area contributed by atoms with Crippen LogP contribution in [-0.2, 0) is 0 Å². The van der Waals surface area contributed by atoms with E-state index in [0.717, 1.165) is 5.69 Å². The summed E-state index contributed by atoms with van der Waals surface area (Å²) in [5, 5.41) is 3.67. The lowest BCUT2D eigenvalue weighted by molar-refractivity contribution is 0.821. The smallest absolute Gasteiger partial charge is 0.223 e. The summed E-state index contributed by atoms with van der Waals surface area (Å²) in [6.07, 6.45) is 4.88. The standard InChI is InChI=1S/C11H11ClN4/c1-8(10-4-2-3-5-13-10)16-11-14-6-9(12)7-15-11/h2-8H,1H3,(H,14,15,16). The Hall–Kier alpha value is -1.68. The zero-order chi connectivity index (χ0) is 11.4. The second-order valence-corrected chi connectivity index (χ2v) is 3.78. The molecule has 1 N–H and O–H groups in total. The van der Waals surface area contributed by atoms with Gasteiger partial charge in [0.2, 0.25) is 5.95 Å². The van der Waals surface area contributed by atoms with Gasteiger partial charge in [0.05, 0.1) is 29.2 Å². The number of anilines is 1. The van der Waals surface area contributed by atoms with Crippen LogP contribution in [0.1, 0.15) is 18.7 Å². The van der Waals surface area contributed by atoms with Crippen molar-refractivity contribution in [3.63, 3.8) is 0 Å². The van der Waals surface area contributed by atoms with Crippen LogP contribution in [0.2, 0.25) is 5.02 Å². The molecule has 2 heterocycles. The Kier molecular flexibility index (Phi) is 3.31. The number of nitrogens with zero attached hydrogens (tertiary/aromatic N) is 3. The molecular weight excluding hydrogens is 224 g/mol. The number of halogens is 1. The van der Waals surface area contributed by atoms with Crippen molar-refractivity contribution in [3.8, 4) is 0 Å². The highest BCUT2D eigenvalue weighted by Crippen LogP contribution is 2.14. The first-order valence-electron chi connectivity index (χ1n) is 4.91. The predicted octanol–water partition coefficient (Wildman–Crippen LogP) is 2.70. The molecule has 4 nitrogen and oxygen atoms in total. The molecule has 1 unspecified atom stereocenters. The first-order valence-corrected chi connectivity index (χ1v) is 5.28. The van der Waals surface area contributed by atoms with Crippen LogP contribution in [0.15, 0.2) is 36.8 Å². The van der Waals surface area contributed by atoms with E-state index in [4.69, 9.17) is 11.6 Å². The van der Waals surface area contributed by atoms with Gasteiger partial charge >= 0.3 is 0 Å². The Morgan fingerprint density at radius 3 is 2.56 bits per heavy atom. The fourth-order valence-corrected chi connectivity index (χ4v) is 1.38. The zero-order valence-corrected chi connectivity index (χ0v) is 9.52. The summed E-state index contributed by atoms with van der Waals surface area (Å²) >= 11 is 5.70. The summed E-state index contributed by atoms with van der Waals surface area (Å²) in [7, 11) is 0. The lowest BCUT2D eigenvalue weighted by atomic mass is 10.2. The molecule has 2 rings (SSSR count). The summed E-state index contributed by atoms with van der Waals surface area (Å²) in [6, 6.07) is 5.84. The average Bonchev–Trinajstić information content (AvgIpc) is 2.33. The summed E-state index contributed by atoms with van der Waals surface area (Å²) in [6.45, 7) is 2.00. The van der Waals surface area contributed by atoms with Gasteiger partial charge in [0.25, 0.3) is 0 Å². The third-order valence-corrected chi connectivity index (χ3v) is 2.29. The Morgan fingerprint density at radius 2 is 1.94 bits per heavy atom. The quantitative estimate of drug-likeness (QED) is 0.887. The molecule has 0 saturated heterocycles. The maximum atomic E-state index is 5.70. The van der Waals surface area contributed by atoms with Crippen LogP contribution in [0.5, 0.6) is 0 Å². The molecule has 0 saturated carbocycles. The van der Waals surface area contributed by atoms with E-state index >= 15 is 0 Å². The van der Waals surface area contributed by atoms with E-state index in [2.05, 4.69) is 20.3 Å². The van der Waals surface area contributed by atoms with Crippen molar-refractivity contribution in [1.29, 1.82) is 0 Å². The van der Waals surface area contributed by atoms with Gasteiger partial charge in [-0.05, 0) is 19.1 Å². The van der Waals surface area contributed by atoms with Gasteiger partial charge in [-0.15, -0.1) is 0 Å². The van der Waals surface area contributed by atoms with Crippen LogP contribution in [0, 0.1) is 0 Å². The number of pyridine rings is 1. The molecule has 16 heavy (non-hydrogen) atoms. The van der Waals surface area contributed by atoms with Gasteiger partial charge in [-0.3, -0.25) is 4.98 Å². The molecule has 0 amide bonds. The van der Waals surface area contributed by atoms with E-state index in [1.165, 1.54) is 0 Å². The van der Waals surface area contributed by atoms with Gasteiger partial charge in [0.15, 0.2) is 0 Å². The number of hydrogen-bond acceptors (Lipinski definition) is 4. The van der Waals surface area contributed by atoms with Gasteiger partial charge in [0.1, 0.15) is 0 Å². The molecule has 0 aliphatic rings. The molecule has 0 aliphatic carbocycles. The molecule has 0 spiro atoms. The molecule has 1 atom stereocenters. The number of nitrogens with one attached hydrogen (secondary N) is 1. The largest absolute Gasteiger partial charge is 0.346 e. The van der Waals surface area contributed by atoms with Crippen molar-refractivity contribution in [1.82, 2.24) is 15.0 Å². The van der Waals surface area contributed by atoms with Crippen molar-refractivity contribution in [2.45, 2.75) is 13.0 Å². The van der Waals surface area contributed by atoms with Crippen molar-refractivity contribution in [2.75, 3.05) is 5.32 Å². The molecule has 0 radical (unpaired) electrons. The monoisotopic (exact) mass is 234 g/mol. The SMILES string of the molecule is CC(Nc1ncc(Cl)cn1)c1ccccn1.